The number of halogens is 2. The first kappa shape index (κ1) is 22.0. The second-order valence-electron chi connectivity index (χ2n) is 5.58. The fraction of sp³-hybridized carbons (Fsp3) is 0.263. The molecule has 0 aliphatic heterocycles. The van der Waals surface area contributed by atoms with E-state index in [1.807, 2.05) is 37.3 Å². The van der Waals surface area contributed by atoms with Crippen molar-refractivity contribution in [3.05, 3.63) is 64.7 Å². The van der Waals surface area contributed by atoms with E-state index in [-0.39, 0.29) is 30.8 Å². The van der Waals surface area contributed by atoms with Gasteiger partial charge in [0.25, 0.3) is 5.91 Å². The summed E-state index contributed by atoms with van der Waals surface area (Å²) < 4.78 is 0. The summed E-state index contributed by atoms with van der Waals surface area (Å²) >= 11 is 6.22. The summed E-state index contributed by atoms with van der Waals surface area (Å²) in [5.74, 6) is -0.346. The Hall–Kier alpha value is -2.08. The Bertz CT molecular complexity index is 739. The molecule has 0 fully saturated rings. The summed E-state index contributed by atoms with van der Waals surface area (Å²) in [6.07, 6.45) is 0. The van der Waals surface area contributed by atoms with Crippen LogP contribution < -0.4 is 10.6 Å². The van der Waals surface area contributed by atoms with Gasteiger partial charge in [0.2, 0.25) is 5.91 Å². The summed E-state index contributed by atoms with van der Waals surface area (Å²) in [5.41, 5.74) is 1.97. The quantitative estimate of drug-likeness (QED) is 0.752. The first-order valence-electron chi connectivity index (χ1n) is 8.12. The lowest BCUT2D eigenvalue weighted by atomic mass is 10.1. The lowest BCUT2D eigenvalue weighted by Gasteiger charge is -2.22. The molecule has 2 amide bonds. The van der Waals surface area contributed by atoms with Gasteiger partial charge in [0.15, 0.2) is 0 Å². The molecule has 2 N–H and O–H groups in total. The molecule has 140 valence electrons. The molecule has 0 spiro atoms. The topological polar surface area (TPSA) is 61.4 Å². The van der Waals surface area contributed by atoms with Crippen molar-refractivity contribution in [1.29, 1.82) is 0 Å². The van der Waals surface area contributed by atoms with Crippen molar-refractivity contribution in [2.75, 3.05) is 25.5 Å². The van der Waals surface area contributed by atoms with Crippen LogP contribution in [-0.4, -0.2) is 36.9 Å². The highest BCUT2D eigenvalue weighted by Gasteiger charge is 2.18. The monoisotopic (exact) mass is 395 g/mol. The van der Waals surface area contributed by atoms with E-state index in [1.165, 1.54) is 0 Å². The number of carbonyl (C=O) groups excluding carboxylic acids is 2. The van der Waals surface area contributed by atoms with E-state index in [0.717, 1.165) is 5.56 Å². The van der Waals surface area contributed by atoms with Crippen LogP contribution in [0.25, 0.3) is 0 Å². The molecule has 26 heavy (non-hydrogen) atoms. The SMILES string of the molecule is CCN(Cc1ccccc1)C(=O)c1cc(NC(=O)CNC)ccc1Cl.Cl. The average Bonchev–Trinajstić information content (AvgIpc) is 2.62. The molecule has 0 bridgehead atoms. The van der Waals surface area contributed by atoms with Gasteiger partial charge in [0, 0.05) is 18.8 Å². The molecule has 7 heteroatoms. The van der Waals surface area contributed by atoms with Crippen molar-refractivity contribution in [3.63, 3.8) is 0 Å². The zero-order valence-corrected chi connectivity index (χ0v) is 16.4. The van der Waals surface area contributed by atoms with Crippen LogP contribution in [0.2, 0.25) is 5.02 Å². The standard InChI is InChI=1S/C19H22ClN3O2.ClH/c1-3-23(13-14-7-5-4-6-8-14)19(25)16-11-15(9-10-17(16)20)22-18(24)12-21-2;/h4-11,21H,3,12-13H2,1-2H3,(H,22,24);1H. The number of carbonyl (C=O) groups is 2. The van der Waals surface area contributed by atoms with Crippen LogP contribution in [0.1, 0.15) is 22.8 Å². The van der Waals surface area contributed by atoms with Crippen LogP contribution in [0, 0.1) is 0 Å². The van der Waals surface area contributed by atoms with E-state index < -0.39 is 0 Å². The lowest BCUT2D eigenvalue weighted by Crippen LogP contribution is -2.30. The maximum Gasteiger partial charge on any atom is 0.255 e. The van der Waals surface area contributed by atoms with Crippen molar-refractivity contribution in [3.8, 4) is 0 Å². The summed E-state index contributed by atoms with van der Waals surface area (Å²) in [7, 11) is 1.69. The molecule has 0 aromatic heterocycles. The molecular weight excluding hydrogens is 373 g/mol. The van der Waals surface area contributed by atoms with Crippen LogP contribution in [0.15, 0.2) is 48.5 Å². The molecule has 0 saturated carbocycles. The first-order valence-corrected chi connectivity index (χ1v) is 8.50. The summed E-state index contributed by atoms with van der Waals surface area (Å²) in [6, 6.07) is 14.7. The van der Waals surface area contributed by atoms with Gasteiger partial charge in [0.05, 0.1) is 17.1 Å². The Morgan fingerprint density at radius 3 is 2.42 bits per heavy atom. The third-order valence-corrected chi connectivity index (χ3v) is 4.03. The van der Waals surface area contributed by atoms with Gasteiger partial charge in [-0.3, -0.25) is 9.59 Å². The Morgan fingerprint density at radius 1 is 1.12 bits per heavy atom. The van der Waals surface area contributed by atoms with E-state index >= 15 is 0 Å². The number of amides is 2. The van der Waals surface area contributed by atoms with Gasteiger partial charge < -0.3 is 15.5 Å². The molecule has 0 aliphatic carbocycles. The Labute approximate surface area is 165 Å². The summed E-state index contributed by atoms with van der Waals surface area (Å²) in [5, 5.41) is 5.88. The molecule has 0 aliphatic rings. The maximum atomic E-state index is 12.9. The normalized spacial score (nSPS) is 9.96. The Morgan fingerprint density at radius 2 is 1.81 bits per heavy atom. The van der Waals surface area contributed by atoms with Crippen LogP contribution in [-0.2, 0) is 11.3 Å². The minimum atomic E-state index is -0.181. The van der Waals surface area contributed by atoms with Gasteiger partial charge in [-0.15, -0.1) is 12.4 Å². The number of nitrogens with one attached hydrogen (secondary N) is 2. The number of rotatable bonds is 7. The van der Waals surface area contributed by atoms with Crippen molar-refractivity contribution < 1.29 is 9.59 Å². The third-order valence-electron chi connectivity index (χ3n) is 3.70. The zero-order valence-electron chi connectivity index (χ0n) is 14.8. The molecule has 2 rings (SSSR count). The van der Waals surface area contributed by atoms with Crippen molar-refractivity contribution >= 4 is 41.5 Å². The summed E-state index contributed by atoms with van der Waals surface area (Å²) in [6.45, 7) is 3.18. The Balaban J connectivity index is 0.00000338. The number of anilines is 1. The minimum Gasteiger partial charge on any atom is -0.335 e. The predicted molar refractivity (Wildman–Crippen MR) is 108 cm³/mol. The molecule has 0 unspecified atom stereocenters. The summed E-state index contributed by atoms with van der Waals surface area (Å²) in [4.78, 5) is 26.3. The number of likely N-dealkylation sites (N-methyl/N-ethyl adjacent to an activating group) is 1. The van der Waals surface area contributed by atoms with Gasteiger partial charge in [-0.25, -0.2) is 0 Å². The van der Waals surface area contributed by atoms with Gasteiger partial charge in [-0.2, -0.15) is 0 Å². The number of benzene rings is 2. The maximum absolute atomic E-state index is 12.9. The largest absolute Gasteiger partial charge is 0.335 e. The van der Waals surface area contributed by atoms with Crippen LogP contribution >= 0.6 is 24.0 Å². The van der Waals surface area contributed by atoms with Crippen molar-refractivity contribution in [2.45, 2.75) is 13.5 Å². The average molecular weight is 396 g/mol. The van der Waals surface area contributed by atoms with Gasteiger partial charge in [-0.05, 0) is 37.7 Å². The van der Waals surface area contributed by atoms with E-state index in [1.54, 1.807) is 30.1 Å². The fourth-order valence-electron chi connectivity index (χ4n) is 2.43. The van der Waals surface area contributed by atoms with E-state index in [9.17, 15) is 9.59 Å². The van der Waals surface area contributed by atoms with Crippen LogP contribution in [0.5, 0.6) is 0 Å². The fourth-order valence-corrected chi connectivity index (χ4v) is 2.63. The number of hydrogen-bond acceptors (Lipinski definition) is 3. The third kappa shape index (κ3) is 6.02. The molecule has 5 nitrogen and oxygen atoms in total. The zero-order chi connectivity index (χ0) is 18.2. The van der Waals surface area contributed by atoms with E-state index in [2.05, 4.69) is 10.6 Å². The second kappa shape index (κ2) is 10.8. The van der Waals surface area contributed by atoms with E-state index in [0.29, 0.717) is 29.4 Å². The smallest absolute Gasteiger partial charge is 0.255 e. The highest BCUT2D eigenvalue weighted by atomic mass is 35.5. The molecule has 0 saturated heterocycles. The predicted octanol–water partition coefficient (Wildman–Crippen LogP) is 3.58. The molecule has 0 heterocycles. The second-order valence-corrected chi connectivity index (χ2v) is 5.99. The highest BCUT2D eigenvalue weighted by Crippen LogP contribution is 2.23. The van der Waals surface area contributed by atoms with E-state index in [4.69, 9.17) is 11.6 Å². The van der Waals surface area contributed by atoms with Crippen molar-refractivity contribution in [1.82, 2.24) is 10.2 Å². The molecule has 0 radical (unpaired) electrons. The molecule has 0 atom stereocenters. The molecule has 2 aromatic carbocycles. The van der Waals surface area contributed by atoms with Gasteiger partial charge in [-0.1, -0.05) is 41.9 Å². The highest BCUT2D eigenvalue weighted by molar-refractivity contribution is 6.34. The first-order chi connectivity index (χ1) is 12.0. The van der Waals surface area contributed by atoms with Crippen LogP contribution in [0.3, 0.4) is 0 Å². The lowest BCUT2D eigenvalue weighted by molar-refractivity contribution is -0.115. The van der Waals surface area contributed by atoms with Gasteiger partial charge in [0.1, 0.15) is 0 Å². The minimum absolute atomic E-state index is 0. The van der Waals surface area contributed by atoms with Crippen LogP contribution in [0.4, 0.5) is 5.69 Å². The number of hydrogen-bond donors (Lipinski definition) is 2. The van der Waals surface area contributed by atoms with Crippen molar-refractivity contribution in [2.24, 2.45) is 0 Å². The number of nitrogens with zero attached hydrogens (tertiary/aromatic N) is 1. The van der Waals surface area contributed by atoms with Gasteiger partial charge >= 0.3 is 0 Å². The Kier molecular flexibility index (Phi) is 9.13. The molecular formula is C19H23Cl2N3O2. The molecule has 2 aromatic rings.